The second-order valence-corrected chi connectivity index (χ2v) is 11.7. The molecule has 234 valence electrons. The molecule has 46 heavy (non-hydrogen) atoms. The number of esters is 1. The number of carboxylic acids is 2. The number of hydrogen-bond donors (Lipinski definition) is 3. The fourth-order valence-corrected chi connectivity index (χ4v) is 6.82. The Morgan fingerprint density at radius 1 is 1.15 bits per heavy atom. The predicted octanol–water partition coefficient (Wildman–Crippen LogP) is -7.87. The van der Waals surface area contributed by atoms with Crippen molar-refractivity contribution in [3.05, 3.63) is 53.0 Å². The van der Waals surface area contributed by atoms with Crippen LogP contribution in [0.3, 0.4) is 0 Å². The molecule has 4 rings (SSSR count). The summed E-state index contributed by atoms with van der Waals surface area (Å²) in [6.45, 7) is 1.91. The van der Waals surface area contributed by atoms with Crippen LogP contribution in [0.15, 0.2) is 46.8 Å². The molecule has 1 fully saturated rings. The third-order valence-electron chi connectivity index (χ3n) is 6.59. The molecule has 1 saturated heterocycles. The maximum Gasteiger partial charge on any atom is 1.00 e. The number of benzene rings is 1. The zero-order valence-corrected chi connectivity index (χ0v) is 31.0. The molecule has 3 amide bonds. The first-order valence-electron chi connectivity index (χ1n) is 13.5. The molecule has 1 aromatic carbocycles. The number of fused-ring (bicyclic) bond motifs is 1. The number of aromatic nitrogens is 3. The van der Waals surface area contributed by atoms with Gasteiger partial charge in [0.05, 0.1) is 30.3 Å². The number of ether oxygens (including phenoxy) is 1. The van der Waals surface area contributed by atoms with Gasteiger partial charge in [0, 0.05) is 23.5 Å². The molecule has 2 aliphatic rings. The van der Waals surface area contributed by atoms with E-state index in [1.54, 1.807) is 25.1 Å². The van der Waals surface area contributed by atoms with E-state index in [4.69, 9.17) is 4.74 Å². The average molecular weight is 691 g/mol. The number of carbonyl (C=O) groups is 6. The van der Waals surface area contributed by atoms with Crippen molar-refractivity contribution in [2.24, 2.45) is 0 Å². The van der Waals surface area contributed by atoms with Crippen molar-refractivity contribution >= 4 is 59.2 Å². The molecule has 0 radical (unpaired) electrons. The smallest absolute Gasteiger partial charge is 0.548 e. The number of hydrogen-bond acceptors (Lipinski definition) is 13. The van der Waals surface area contributed by atoms with E-state index in [1.807, 2.05) is 0 Å². The first-order valence-corrected chi connectivity index (χ1v) is 15.6. The summed E-state index contributed by atoms with van der Waals surface area (Å²) in [5.74, 6) is -4.54. The second-order valence-electron chi connectivity index (χ2n) is 9.65. The Bertz CT molecular complexity index is 1480. The first kappa shape index (κ1) is 39.8. The molecule has 2 aliphatic heterocycles. The van der Waals surface area contributed by atoms with Crippen LogP contribution in [0, 0.1) is 0 Å². The van der Waals surface area contributed by atoms with E-state index in [1.165, 1.54) is 23.9 Å². The fourth-order valence-electron chi connectivity index (χ4n) is 4.50. The molecule has 3 heterocycles. The fraction of sp³-hybridized carbons (Fsp3) is 0.407. The Hall–Kier alpha value is -2.38. The van der Waals surface area contributed by atoms with Crippen molar-refractivity contribution in [2.75, 3.05) is 18.1 Å². The van der Waals surface area contributed by atoms with Crippen LogP contribution in [0.1, 0.15) is 42.4 Å². The summed E-state index contributed by atoms with van der Waals surface area (Å²) in [5, 5.41) is 36.0. The van der Waals surface area contributed by atoms with Crippen molar-refractivity contribution in [2.45, 2.75) is 55.2 Å². The van der Waals surface area contributed by atoms with Crippen molar-refractivity contribution in [1.82, 2.24) is 30.7 Å². The van der Waals surface area contributed by atoms with Crippen LogP contribution in [0.4, 0.5) is 0 Å². The number of nitrogens with one attached hydrogen (secondary N) is 3. The number of amides is 3. The van der Waals surface area contributed by atoms with Crippen molar-refractivity contribution in [1.29, 1.82) is 0 Å². The van der Waals surface area contributed by atoms with Crippen molar-refractivity contribution in [3.63, 3.8) is 0 Å². The number of H-pyrrole nitrogens is 1. The van der Waals surface area contributed by atoms with Gasteiger partial charge < -0.3 is 40.2 Å². The Balaban J connectivity index is 0.00000368. The van der Waals surface area contributed by atoms with Crippen LogP contribution in [-0.4, -0.2) is 91.3 Å². The average Bonchev–Trinajstić information content (AvgIpc) is 3.44. The van der Waals surface area contributed by atoms with Gasteiger partial charge in [0.25, 0.3) is 11.8 Å². The van der Waals surface area contributed by atoms with Crippen LogP contribution in [0.5, 0.6) is 0 Å². The number of nitrogens with zero attached hydrogens (tertiary/aromatic N) is 3. The number of carboxylic acid groups (broad SMARTS) is 2. The van der Waals surface area contributed by atoms with Gasteiger partial charge in [-0.15, -0.1) is 22.0 Å². The standard InChI is InChI=1S/C27H30N6O9S2.2Na/c1-2-42-19(35)11-17-29-27(32-31-17)44-13-15-12-43-24-20(23(37)33(24)21(15)26(40)41)30-18(34)10-6-9-16(25(38)39)28-22(36)14-7-4-3-5-8-14;;/h3-5,7-8,16,20,24H,2,6,9-13H2,1H3,(H,28,36)(H,30,34)(H,38,39)(H,40,41)(H,29,31,32);;/q;2*+1/p-2/t16?,20?,24-;;/m0../s1. The number of carbonyl (C=O) groups excluding carboxylic acids is 6. The summed E-state index contributed by atoms with van der Waals surface area (Å²) in [4.78, 5) is 76.9. The molecule has 1 aromatic heterocycles. The molecular weight excluding hydrogens is 662 g/mol. The van der Waals surface area contributed by atoms with E-state index >= 15 is 0 Å². The largest absolute Gasteiger partial charge is 1.00 e. The molecule has 0 spiro atoms. The first-order chi connectivity index (χ1) is 21.1. The summed E-state index contributed by atoms with van der Waals surface area (Å²) in [7, 11) is 0. The summed E-state index contributed by atoms with van der Waals surface area (Å²) < 4.78 is 4.87. The molecule has 2 aromatic rings. The van der Waals surface area contributed by atoms with Crippen molar-refractivity contribution < 1.29 is 103 Å². The zero-order chi connectivity index (χ0) is 31.8. The number of aliphatic carboxylic acids is 2. The number of rotatable bonds is 15. The Morgan fingerprint density at radius 2 is 1.87 bits per heavy atom. The molecule has 15 nitrogen and oxygen atoms in total. The molecule has 2 unspecified atom stereocenters. The van der Waals surface area contributed by atoms with Gasteiger partial charge >= 0.3 is 65.1 Å². The molecule has 0 saturated carbocycles. The van der Waals surface area contributed by atoms with E-state index in [9.17, 15) is 39.0 Å². The minimum Gasteiger partial charge on any atom is -0.548 e. The minimum atomic E-state index is -1.53. The topological polar surface area (TPSA) is 227 Å². The monoisotopic (exact) mass is 690 g/mol. The third-order valence-corrected chi connectivity index (χ3v) is 8.88. The Labute approximate surface area is 316 Å². The molecule has 0 bridgehead atoms. The van der Waals surface area contributed by atoms with E-state index in [0.29, 0.717) is 16.6 Å². The third kappa shape index (κ3) is 10.3. The van der Waals surface area contributed by atoms with E-state index in [0.717, 1.165) is 16.7 Å². The Kier molecular flexibility index (Phi) is 16.3. The predicted molar refractivity (Wildman–Crippen MR) is 151 cm³/mol. The van der Waals surface area contributed by atoms with Crippen LogP contribution < -0.4 is 80.0 Å². The van der Waals surface area contributed by atoms with Gasteiger partial charge in [-0.25, -0.2) is 0 Å². The number of β-lactam (4-membered cyclic amide) rings is 1. The van der Waals surface area contributed by atoms with Gasteiger partial charge in [-0.3, -0.25) is 24.1 Å². The van der Waals surface area contributed by atoms with Gasteiger partial charge in [-0.2, -0.15) is 0 Å². The van der Waals surface area contributed by atoms with Gasteiger partial charge in [-0.05, 0) is 37.5 Å². The summed E-state index contributed by atoms with van der Waals surface area (Å²) in [5.41, 5.74) is 0.428. The quantitative estimate of drug-likeness (QED) is 0.0684. The van der Waals surface area contributed by atoms with Gasteiger partial charge in [-0.1, -0.05) is 30.0 Å². The van der Waals surface area contributed by atoms with Gasteiger partial charge in [0.15, 0.2) is 5.16 Å². The molecule has 3 atom stereocenters. The summed E-state index contributed by atoms with van der Waals surface area (Å²) in [6.07, 6.45) is -0.224. The van der Waals surface area contributed by atoms with Crippen LogP contribution in [0.2, 0.25) is 0 Å². The van der Waals surface area contributed by atoms with E-state index in [2.05, 4.69) is 25.8 Å². The molecule has 19 heteroatoms. The normalized spacial score (nSPS) is 17.3. The molecular formula is C27H28N6Na2O9S2. The van der Waals surface area contributed by atoms with Crippen molar-refractivity contribution in [3.8, 4) is 0 Å². The second kappa shape index (κ2) is 18.8. The Morgan fingerprint density at radius 3 is 2.52 bits per heavy atom. The summed E-state index contributed by atoms with van der Waals surface area (Å²) >= 11 is 2.42. The van der Waals surface area contributed by atoms with E-state index < -0.39 is 53.1 Å². The van der Waals surface area contributed by atoms with Crippen LogP contribution >= 0.6 is 23.5 Å². The number of thioether (sulfide) groups is 2. The van der Waals surface area contributed by atoms with Crippen LogP contribution in [-0.2, 0) is 35.1 Å². The maximum absolute atomic E-state index is 12.9. The zero-order valence-electron chi connectivity index (χ0n) is 25.4. The molecule has 3 N–H and O–H groups in total. The number of aromatic amines is 1. The summed E-state index contributed by atoms with van der Waals surface area (Å²) in [6, 6.07) is 5.76. The van der Waals surface area contributed by atoms with Gasteiger partial charge in [0.2, 0.25) is 5.91 Å². The minimum absolute atomic E-state index is 0. The van der Waals surface area contributed by atoms with Gasteiger partial charge in [0.1, 0.15) is 23.7 Å². The SMILES string of the molecule is CCOC(=O)Cc1nnc(SCC2=C(C(=O)[O-])N3C(=O)C(NC(=O)CCCC(NC(=O)c4ccccc4)C(=O)[O-])[C@@H]3SC2)[nH]1.[Na+].[Na+]. The van der Waals surface area contributed by atoms with E-state index in [-0.39, 0.29) is 114 Å². The maximum atomic E-state index is 12.9. The van der Waals surface area contributed by atoms with Crippen LogP contribution in [0.25, 0.3) is 0 Å². The molecule has 0 aliphatic carbocycles.